The topological polar surface area (TPSA) is 143 Å². The Bertz CT molecular complexity index is 1450. The van der Waals surface area contributed by atoms with Crippen LogP contribution in [0.3, 0.4) is 0 Å². The number of H-pyrrole nitrogens is 4. The first-order valence-electron chi connectivity index (χ1n) is 9.24. The van der Waals surface area contributed by atoms with Gasteiger partial charge in [-0.1, -0.05) is 18.2 Å². The highest BCUT2D eigenvalue weighted by atomic mass is 32.1. The first kappa shape index (κ1) is 21.1. The Labute approximate surface area is 190 Å². The summed E-state index contributed by atoms with van der Waals surface area (Å²) in [6.45, 7) is 0. The number of aromatic nitrogens is 5. The molecule has 0 spiro atoms. The second-order valence-corrected chi connectivity index (χ2v) is 7.41. The minimum Gasteiger partial charge on any atom is -0.423 e. The maximum atomic E-state index is 12.6. The lowest BCUT2D eigenvalue weighted by atomic mass is 9.85. The van der Waals surface area contributed by atoms with Gasteiger partial charge >= 0.3 is 0 Å². The van der Waals surface area contributed by atoms with Gasteiger partial charge in [0.15, 0.2) is 9.54 Å². The van der Waals surface area contributed by atoms with E-state index in [0.29, 0.717) is 11.1 Å². The van der Waals surface area contributed by atoms with Crippen LogP contribution in [0.25, 0.3) is 0 Å². The van der Waals surface area contributed by atoms with Gasteiger partial charge in [0.25, 0.3) is 11.1 Å². The third kappa shape index (κ3) is 4.18. The molecule has 0 unspecified atom stereocenters. The second kappa shape index (κ2) is 8.93. The highest BCUT2D eigenvalue weighted by Gasteiger charge is 2.35. The van der Waals surface area contributed by atoms with Gasteiger partial charge in [0.2, 0.25) is 11.8 Å². The van der Waals surface area contributed by atoms with E-state index in [1.165, 1.54) is 0 Å². The first-order chi connectivity index (χ1) is 15.5. The number of ether oxygens (including phenoxy) is 1. The Hall–Kier alpha value is -4.14. The standard InChI is InChI=1S/C16H9N5O3S2.C5H5N/c17-5-6-1-3-7(4-2-6)8-9-11(22)18-15(25)20-13(9)24-14-10(8)12(23)19-16(26)21-14;1-2-4-6-5-3-1/h1-4,8H,(H2,18,20,22,25)(H2,19,21,23,26);1-5H. The fourth-order valence-corrected chi connectivity index (χ4v) is 3.65. The van der Waals surface area contributed by atoms with Crippen LogP contribution < -0.4 is 15.9 Å². The van der Waals surface area contributed by atoms with Crippen molar-refractivity contribution in [2.45, 2.75) is 5.92 Å². The van der Waals surface area contributed by atoms with Gasteiger partial charge in [-0.3, -0.25) is 24.5 Å². The lowest BCUT2D eigenvalue weighted by Crippen LogP contribution is -2.29. The molecule has 1 aromatic carbocycles. The number of rotatable bonds is 1. The summed E-state index contributed by atoms with van der Waals surface area (Å²) >= 11 is 9.99. The Morgan fingerprint density at radius 2 is 1.38 bits per heavy atom. The summed E-state index contributed by atoms with van der Waals surface area (Å²) < 4.78 is 5.85. The zero-order valence-corrected chi connectivity index (χ0v) is 17.8. The summed E-state index contributed by atoms with van der Waals surface area (Å²) in [7, 11) is 0. The van der Waals surface area contributed by atoms with Crippen LogP contribution in [0.2, 0.25) is 0 Å². The van der Waals surface area contributed by atoms with Crippen molar-refractivity contribution in [1.82, 2.24) is 24.9 Å². The van der Waals surface area contributed by atoms with Crippen molar-refractivity contribution in [2.75, 3.05) is 0 Å². The molecule has 0 radical (unpaired) electrons. The first-order valence-corrected chi connectivity index (χ1v) is 10.1. The van der Waals surface area contributed by atoms with Crippen LogP contribution in [0.15, 0.2) is 64.4 Å². The lowest BCUT2D eigenvalue weighted by molar-refractivity contribution is 0.408. The summed E-state index contributed by atoms with van der Waals surface area (Å²) in [6.07, 6.45) is 3.50. The van der Waals surface area contributed by atoms with Crippen LogP contribution in [0.4, 0.5) is 0 Å². The highest BCUT2D eigenvalue weighted by molar-refractivity contribution is 7.71. The van der Waals surface area contributed by atoms with E-state index in [-0.39, 0.29) is 32.4 Å². The number of hydrogen-bond donors (Lipinski definition) is 4. The van der Waals surface area contributed by atoms with Crippen LogP contribution in [0.5, 0.6) is 11.8 Å². The number of aromatic amines is 4. The second-order valence-electron chi connectivity index (χ2n) is 6.60. The smallest absolute Gasteiger partial charge is 0.259 e. The summed E-state index contributed by atoms with van der Waals surface area (Å²) in [5.41, 5.74) is 0.598. The van der Waals surface area contributed by atoms with Crippen LogP contribution in [-0.2, 0) is 0 Å². The molecule has 5 rings (SSSR count). The van der Waals surface area contributed by atoms with E-state index in [1.54, 1.807) is 36.7 Å². The van der Waals surface area contributed by atoms with Crippen LogP contribution >= 0.6 is 24.4 Å². The van der Waals surface area contributed by atoms with Gasteiger partial charge < -0.3 is 14.7 Å². The molecular weight excluding hydrogens is 448 g/mol. The van der Waals surface area contributed by atoms with Crippen molar-refractivity contribution in [3.63, 3.8) is 0 Å². The van der Waals surface area contributed by atoms with E-state index < -0.39 is 17.0 Å². The molecule has 3 aromatic heterocycles. The third-order valence-corrected chi connectivity index (χ3v) is 5.02. The zero-order valence-electron chi connectivity index (χ0n) is 16.2. The minimum atomic E-state index is -0.729. The molecule has 0 aliphatic carbocycles. The number of nitrogens with zero attached hydrogens (tertiary/aromatic N) is 2. The largest absolute Gasteiger partial charge is 0.423 e. The third-order valence-electron chi connectivity index (χ3n) is 4.61. The molecule has 32 heavy (non-hydrogen) atoms. The monoisotopic (exact) mass is 462 g/mol. The average Bonchev–Trinajstić information content (AvgIpc) is 2.79. The number of nitrogens with one attached hydrogen (secondary N) is 4. The molecule has 1 aliphatic heterocycles. The van der Waals surface area contributed by atoms with E-state index in [1.807, 2.05) is 24.3 Å². The van der Waals surface area contributed by atoms with E-state index >= 15 is 0 Å². The van der Waals surface area contributed by atoms with Gasteiger partial charge in [-0.2, -0.15) is 5.26 Å². The Balaban J connectivity index is 0.000000354. The lowest BCUT2D eigenvalue weighted by Gasteiger charge is -2.25. The molecule has 4 aromatic rings. The van der Waals surface area contributed by atoms with Gasteiger partial charge in [0, 0.05) is 12.4 Å². The average molecular weight is 463 g/mol. The Morgan fingerprint density at radius 3 is 1.78 bits per heavy atom. The van der Waals surface area contributed by atoms with Gasteiger partial charge in [0.05, 0.1) is 28.7 Å². The SMILES string of the molecule is N#Cc1ccc(C2c3c([nH]c(=S)[nH]c3=O)Oc3[nH]c(=S)[nH]c(=O)c32)cc1.c1ccncc1. The van der Waals surface area contributed by atoms with E-state index in [4.69, 9.17) is 34.4 Å². The Morgan fingerprint density at radius 1 is 0.844 bits per heavy atom. The quantitative estimate of drug-likeness (QED) is 0.280. The van der Waals surface area contributed by atoms with Gasteiger partial charge in [0.1, 0.15) is 0 Å². The van der Waals surface area contributed by atoms with Crippen LogP contribution in [0.1, 0.15) is 28.2 Å². The molecule has 1 aliphatic rings. The molecular formula is C21H14N6O3S2. The van der Waals surface area contributed by atoms with E-state index in [9.17, 15) is 9.59 Å². The summed E-state index contributed by atoms with van der Waals surface area (Å²) in [5.74, 6) is -0.457. The number of hydrogen-bond acceptors (Lipinski definition) is 7. The molecule has 11 heteroatoms. The van der Waals surface area contributed by atoms with Crippen molar-refractivity contribution < 1.29 is 4.74 Å². The van der Waals surface area contributed by atoms with Crippen molar-refractivity contribution in [2.24, 2.45) is 0 Å². The molecule has 0 saturated heterocycles. The molecule has 0 saturated carbocycles. The zero-order chi connectivity index (χ0) is 22.7. The van der Waals surface area contributed by atoms with Crippen LogP contribution in [-0.4, -0.2) is 24.9 Å². The Kier molecular flexibility index (Phi) is 5.89. The number of pyridine rings is 1. The molecule has 0 bridgehead atoms. The molecule has 0 amide bonds. The van der Waals surface area contributed by atoms with Gasteiger partial charge in [-0.05, 0) is 54.3 Å². The number of nitriles is 1. The summed E-state index contributed by atoms with van der Waals surface area (Å²) in [4.78, 5) is 39.5. The predicted octanol–water partition coefficient (Wildman–Crippen LogP) is 3.42. The van der Waals surface area contributed by atoms with Gasteiger partial charge in [-0.25, -0.2) is 0 Å². The fourth-order valence-electron chi connectivity index (χ4n) is 3.28. The normalized spacial score (nSPS) is 11.7. The molecule has 9 nitrogen and oxygen atoms in total. The van der Waals surface area contributed by atoms with Crippen molar-refractivity contribution in [3.8, 4) is 17.8 Å². The number of benzene rings is 1. The molecule has 158 valence electrons. The van der Waals surface area contributed by atoms with Gasteiger partial charge in [-0.15, -0.1) is 0 Å². The van der Waals surface area contributed by atoms with E-state index in [2.05, 4.69) is 24.9 Å². The minimum absolute atomic E-state index is 0.0965. The highest BCUT2D eigenvalue weighted by Crippen LogP contribution is 2.41. The summed E-state index contributed by atoms with van der Waals surface area (Å²) in [5, 5.41) is 8.99. The fraction of sp³-hybridized carbons (Fsp3) is 0.0476. The number of fused-ring (bicyclic) bond motifs is 2. The van der Waals surface area contributed by atoms with Crippen molar-refractivity contribution >= 4 is 24.4 Å². The maximum Gasteiger partial charge on any atom is 0.259 e. The van der Waals surface area contributed by atoms with Crippen molar-refractivity contribution in [1.29, 1.82) is 5.26 Å². The summed E-state index contributed by atoms with van der Waals surface area (Å²) in [6, 6.07) is 14.3. The van der Waals surface area contributed by atoms with Crippen LogP contribution in [0, 0.1) is 20.9 Å². The molecule has 0 fully saturated rings. The van der Waals surface area contributed by atoms with E-state index in [0.717, 1.165) is 0 Å². The van der Waals surface area contributed by atoms with Crippen molar-refractivity contribution in [3.05, 3.63) is 107 Å². The molecule has 4 N–H and O–H groups in total. The maximum absolute atomic E-state index is 12.6. The molecule has 4 heterocycles. The predicted molar refractivity (Wildman–Crippen MR) is 121 cm³/mol. The molecule has 0 atom stereocenters.